The lowest BCUT2D eigenvalue weighted by molar-refractivity contribution is -0.895. The van der Waals surface area contributed by atoms with Gasteiger partial charge in [0.25, 0.3) is 5.91 Å². The van der Waals surface area contributed by atoms with Crippen LogP contribution in [0.15, 0.2) is 36.4 Å². The highest BCUT2D eigenvalue weighted by Crippen LogP contribution is 2.20. The van der Waals surface area contributed by atoms with Crippen molar-refractivity contribution in [3.8, 4) is 0 Å². The Morgan fingerprint density at radius 2 is 1.70 bits per heavy atom. The molecular formula is C22H30N3O2+. The number of hydrogen-bond acceptors (Lipinski definition) is 2. The van der Waals surface area contributed by atoms with E-state index >= 15 is 0 Å². The summed E-state index contributed by atoms with van der Waals surface area (Å²) in [6.07, 6.45) is 0. The fraction of sp³-hybridized carbons (Fsp3) is 0.455. The summed E-state index contributed by atoms with van der Waals surface area (Å²) in [6.45, 7) is 11.9. The molecule has 1 amide bonds. The van der Waals surface area contributed by atoms with Gasteiger partial charge in [0.2, 0.25) is 5.78 Å². The summed E-state index contributed by atoms with van der Waals surface area (Å²) >= 11 is 0. The number of aromatic nitrogens is 1. The number of carbonyl (C=O) groups is 2. The smallest absolute Gasteiger partial charge is 0.254 e. The number of amides is 1. The predicted molar refractivity (Wildman–Crippen MR) is 107 cm³/mol. The van der Waals surface area contributed by atoms with Crippen LogP contribution in [-0.2, 0) is 0 Å². The predicted octanol–water partition coefficient (Wildman–Crippen LogP) is 1.91. The van der Waals surface area contributed by atoms with Crippen molar-refractivity contribution in [2.24, 2.45) is 0 Å². The van der Waals surface area contributed by atoms with Gasteiger partial charge in [0.15, 0.2) is 0 Å². The third-order valence-electron chi connectivity index (χ3n) is 5.49. The quantitative estimate of drug-likeness (QED) is 0.820. The largest absolute Gasteiger partial charge is 0.346 e. The van der Waals surface area contributed by atoms with E-state index in [1.807, 2.05) is 48.2 Å². The monoisotopic (exact) mass is 368 g/mol. The maximum absolute atomic E-state index is 12.8. The van der Waals surface area contributed by atoms with Crippen molar-refractivity contribution in [3.63, 3.8) is 0 Å². The first-order chi connectivity index (χ1) is 12.9. The van der Waals surface area contributed by atoms with Crippen molar-refractivity contribution in [3.05, 3.63) is 58.9 Å². The zero-order chi connectivity index (χ0) is 19.6. The van der Waals surface area contributed by atoms with Crippen LogP contribution in [0.5, 0.6) is 0 Å². The molecule has 0 spiro atoms. The van der Waals surface area contributed by atoms with Crippen molar-refractivity contribution in [2.45, 2.75) is 33.7 Å². The highest BCUT2D eigenvalue weighted by atomic mass is 16.2. The van der Waals surface area contributed by atoms with E-state index in [1.54, 1.807) is 0 Å². The summed E-state index contributed by atoms with van der Waals surface area (Å²) in [5.41, 5.74) is 3.78. The second kappa shape index (κ2) is 8.09. The van der Waals surface area contributed by atoms with E-state index in [0.717, 1.165) is 35.6 Å². The number of aryl methyl sites for hydroxylation is 1. The van der Waals surface area contributed by atoms with E-state index in [9.17, 15) is 9.59 Å². The van der Waals surface area contributed by atoms with Crippen LogP contribution in [0.2, 0.25) is 0 Å². The number of nitrogens with zero attached hydrogens (tertiary/aromatic N) is 2. The van der Waals surface area contributed by atoms with Crippen LogP contribution in [0, 0.1) is 13.8 Å². The van der Waals surface area contributed by atoms with Crippen LogP contribution < -0.4 is 4.90 Å². The topological polar surface area (TPSA) is 46.8 Å². The molecule has 2 aromatic rings. The summed E-state index contributed by atoms with van der Waals surface area (Å²) in [5.74, 6) is 0.286. The number of rotatable bonds is 5. The number of ketones is 1. The molecule has 1 saturated heterocycles. The van der Waals surface area contributed by atoms with Gasteiger partial charge >= 0.3 is 0 Å². The summed E-state index contributed by atoms with van der Waals surface area (Å²) < 4.78 is 2.22. The second-order valence-corrected chi connectivity index (χ2v) is 7.76. The molecule has 0 bridgehead atoms. The van der Waals surface area contributed by atoms with Crippen LogP contribution >= 0.6 is 0 Å². The third kappa shape index (κ3) is 4.14. The molecule has 0 unspecified atom stereocenters. The van der Waals surface area contributed by atoms with Gasteiger partial charge in [-0.25, -0.2) is 0 Å². The van der Waals surface area contributed by atoms with Crippen LogP contribution in [0.3, 0.4) is 0 Å². The number of carbonyl (C=O) groups excluding carboxylic acids is 2. The van der Waals surface area contributed by atoms with Crippen LogP contribution in [0.1, 0.15) is 52.0 Å². The van der Waals surface area contributed by atoms with Gasteiger partial charge in [-0.3, -0.25) is 9.59 Å². The minimum atomic E-state index is 0.0847. The Balaban J connectivity index is 1.59. The SMILES string of the molecule is Cc1cc(C(=O)C[NH+]2CCN(C(=O)c3ccccc3)CC2)c(C)n1C(C)C. The summed E-state index contributed by atoms with van der Waals surface area (Å²) in [6, 6.07) is 11.8. The van der Waals surface area contributed by atoms with Gasteiger partial charge in [0.1, 0.15) is 6.54 Å². The van der Waals surface area contributed by atoms with Gasteiger partial charge < -0.3 is 14.4 Å². The zero-order valence-electron chi connectivity index (χ0n) is 16.8. The highest BCUT2D eigenvalue weighted by Gasteiger charge is 2.27. The van der Waals surface area contributed by atoms with Crippen molar-refractivity contribution in [1.82, 2.24) is 9.47 Å². The Morgan fingerprint density at radius 3 is 2.26 bits per heavy atom. The Bertz CT molecular complexity index is 816. The second-order valence-electron chi connectivity index (χ2n) is 7.76. The van der Waals surface area contributed by atoms with Gasteiger partial charge in [0, 0.05) is 28.6 Å². The fourth-order valence-corrected chi connectivity index (χ4v) is 4.14. The first-order valence-corrected chi connectivity index (χ1v) is 9.78. The molecule has 27 heavy (non-hydrogen) atoms. The molecule has 0 atom stereocenters. The standard InChI is InChI=1S/C22H29N3O2/c1-16(2)25-17(3)14-20(18(25)4)21(26)15-23-10-12-24(13-11-23)22(27)19-8-6-5-7-9-19/h5-9,14,16H,10-13,15H2,1-4H3/p+1. The van der Waals surface area contributed by atoms with Gasteiger partial charge in [-0.15, -0.1) is 0 Å². The van der Waals surface area contributed by atoms with Crippen molar-refractivity contribution < 1.29 is 14.5 Å². The van der Waals surface area contributed by atoms with E-state index in [1.165, 1.54) is 4.90 Å². The average Bonchev–Trinajstić information content (AvgIpc) is 2.97. The molecule has 1 fully saturated rings. The molecule has 0 saturated carbocycles. The number of hydrogen-bond donors (Lipinski definition) is 1. The zero-order valence-corrected chi connectivity index (χ0v) is 16.8. The van der Waals surface area contributed by atoms with E-state index < -0.39 is 0 Å². The van der Waals surface area contributed by atoms with Crippen LogP contribution in [0.25, 0.3) is 0 Å². The molecule has 1 aliphatic heterocycles. The number of Topliss-reactive ketones (excluding diaryl/α,β-unsaturated/α-hetero) is 1. The highest BCUT2D eigenvalue weighted by molar-refractivity contribution is 5.98. The maximum Gasteiger partial charge on any atom is 0.254 e. The Labute approximate surface area is 161 Å². The Kier molecular flexibility index (Phi) is 5.80. The Hall–Kier alpha value is -2.40. The van der Waals surface area contributed by atoms with Crippen molar-refractivity contribution >= 4 is 11.7 Å². The van der Waals surface area contributed by atoms with E-state index in [-0.39, 0.29) is 11.7 Å². The van der Waals surface area contributed by atoms with E-state index in [4.69, 9.17) is 0 Å². The number of piperazine rings is 1. The molecule has 5 heteroatoms. The number of nitrogens with one attached hydrogen (secondary N) is 1. The lowest BCUT2D eigenvalue weighted by Gasteiger charge is -2.32. The van der Waals surface area contributed by atoms with Gasteiger partial charge in [-0.2, -0.15) is 0 Å². The van der Waals surface area contributed by atoms with Crippen molar-refractivity contribution in [2.75, 3.05) is 32.7 Å². The molecule has 0 aliphatic carbocycles. The first kappa shape index (κ1) is 19.4. The molecule has 1 aliphatic rings. The Morgan fingerprint density at radius 1 is 1.07 bits per heavy atom. The minimum absolute atomic E-state index is 0.0847. The van der Waals surface area contributed by atoms with E-state index in [2.05, 4.69) is 25.3 Å². The summed E-state index contributed by atoms with van der Waals surface area (Å²) in [5, 5.41) is 0. The summed E-state index contributed by atoms with van der Waals surface area (Å²) in [7, 11) is 0. The third-order valence-corrected chi connectivity index (χ3v) is 5.49. The normalized spacial score (nSPS) is 15.4. The van der Waals surface area contributed by atoms with Crippen molar-refractivity contribution in [1.29, 1.82) is 0 Å². The fourth-order valence-electron chi connectivity index (χ4n) is 4.14. The first-order valence-electron chi connectivity index (χ1n) is 9.78. The lowest BCUT2D eigenvalue weighted by atomic mass is 10.1. The minimum Gasteiger partial charge on any atom is -0.346 e. The molecular weight excluding hydrogens is 338 g/mol. The molecule has 0 radical (unpaired) electrons. The molecule has 1 aromatic carbocycles. The molecule has 144 valence electrons. The molecule has 1 aromatic heterocycles. The van der Waals surface area contributed by atoms with Gasteiger partial charge in [0.05, 0.1) is 26.2 Å². The van der Waals surface area contributed by atoms with Crippen LogP contribution in [0.4, 0.5) is 0 Å². The molecule has 3 rings (SSSR count). The molecule has 1 N–H and O–H groups in total. The molecule has 5 nitrogen and oxygen atoms in total. The average molecular weight is 369 g/mol. The van der Waals surface area contributed by atoms with Gasteiger partial charge in [-0.1, -0.05) is 18.2 Å². The maximum atomic E-state index is 12.8. The molecule has 2 heterocycles. The van der Waals surface area contributed by atoms with Crippen LogP contribution in [-0.4, -0.2) is 53.9 Å². The van der Waals surface area contributed by atoms with Gasteiger partial charge in [-0.05, 0) is 45.9 Å². The number of benzene rings is 1. The summed E-state index contributed by atoms with van der Waals surface area (Å²) in [4.78, 5) is 28.5. The lowest BCUT2D eigenvalue weighted by Crippen LogP contribution is -3.15. The number of quaternary nitrogens is 1. The van der Waals surface area contributed by atoms with E-state index in [0.29, 0.717) is 25.7 Å².